The number of likely N-dealkylation sites (tertiary alicyclic amines) is 1. The van der Waals surface area contributed by atoms with Crippen LogP contribution in [0, 0.1) is 5.82 Å². The molecule has 1 atom stereocenters. The maximum atomic E-state index is 13.6. The number of amides is 1. The highest BCUT2D eigenvalue weighted by molar-refractivity contribution is 5.73. The molecule has 1 aliphatic heterocycles. The van der Waals surface area contributed by atoms with E-state index >= 15 is 0 Å². The number of carbonyl (C=O) groups is 1. The van der Waals surface area contributed by atoms with Gasteiger partial charge in [0.2, 0.25) is 5.91 Å². The van der Waals surface area contributed by atoms with Gasteiger partial charge in [-0.25, -0.2) is 14.4 Å². The van der Waals surface area contributed by atoms with E-state index in [0.717, 1.165) is 25.1 Å². The summed E-state index contributed by atoms with van der Waals surface area (Å²) in [4.78, 5) is 26.3. The average molecular weight is 459 g/mol. The second-order valence-corrected chi connectivity index (χ2v) is 7.87. The molecule has 3 heterocycles. The standard InChI is InChI=1S/C23H21F4N5O/c1-14(33)32-9-3-4-16(13-32)22-30-19(15-7-8-20(28-12-15)23(25,26)27)11-21(31-22)29-18-6-2-5-17(24)10-18/h2,5-8,10-12,16H,3-4,9,13H2,1H3,(H,29,30,31). The van der Waals surface area contributed by atoms with Gasteiger partial charge in [0.05, 0.1) is 5.69 Å². The highest BCUT2D eigenvalue weighted by Crippen LogP contribution is 2.31. The minimum absolute atomic E-state index is 0.0408. The quantitative estimate of drug-likeness (QED) is 0.546. The molecule has 1 N–H and O–H groups in total. The summed E-state index contributed by atoms with van der Waals surface area (Å²) in [5.74, 6) is 0.211. The maximum Gasteiger partial charge on any atom is 0.433 e. The number of hydrogen-bond donors (Lipinski definition) is 1. The van der Waals surface area contributed by atoms with Crippen LogP contribution in [0.5, 0.6) is 0 Å². The van der Waals surface area contributed by atoms with E-state index < -0.39 is 17.7 Å². The summed E-state index contributed by atoms with van der Waals surface area (Å²) in [5, 5.41) is 3.03. The number of alkyl halides is 3. The number of hydrogen-bond acceptors (Lipinski definition) is 5. The first-order chi connectivity index (χ1) is 15.7. The second-order valence-electron chi connectivity index (χ2n) is 7.87. The molecule has 1 aromatic carbocycles. The first-order valence-electron chi connectivity index (χ1n) is 10.4. The average Bonchev–Trinajstić information content (AvgIpc) is 2.78. The Morgan fingerprint density at radius 3 is 2.64 bits per heavy atom. The van der Waals surface area contributed by atoms with E-state index in [1.807, 2.05) is 0 Å². The van der Waals surface area contributed by atoms with Gasteiger partial charge in [-0.1, -0.05) is 6.07 Å². The minimum atomic E-state index is -4.54. The summed E-state index contributed by atoms with van der Waals surface area (Å²) in [6, 6.07) is 9.61. The Kier molecular flexibility index (Phi) is 6.26. The van der Waals surface area contributed by atoms with Gasteiger partial charge in [0.25, 0.3) is 0 Å². The van der Waals surface area contributed by atoms with Crippen LogP contribution in [-0.4, -0.2) is 38.8 Å². The fourth-order valence-corrected chi connectivity index (χ4v) is 3.76. The highest BCUT2D eigenvalue weighted by Gasteiger charge is 2.32. The van der Waals surface area contributed by atoms with Crippen LogP contribution < -0.4 is 5.32 Å². The van der Waals surface area contributed by atoms with Crippen LogP contribution in [0.4, 0.5) is 29.1 Å². The molecule has 0 saturated carbocycles. The molecule has 6 nitrogen and oxygen atoms in total. The zero-order valence-corrected chi connectivity index (χ0v) is 17.7. The van der Waals surface area contributed by atoms with Crippen molar-refractivity contribution >= 4 is 17.4 Å². The van der Waals surface area contributed by atoms with Gasteiger partial charge in [-0.15, -0.1) is 0 Å². The smallest absolute Gasteiger partial charge is 0.342 e. The van der Waals surface area contributed by atoms with E-state index in [2.05, 4.69) is 20.3 Å². The van der Waals surface area contributed by atoms with Crippen molar-refractivity contribution in [2.45, 2.75) is 31.9 Å². The van der Waals surface area contributed by atoms with Crippen LogP contribution in [0.3, 0.4) is 0 Å². The molecular formula is C23H21F4N5O. The van der Waals surface area contributed by atoms with E-state index in [4.69, 9.17) is 0 Å². The number of anilines is 2. The Bertz CT molecular complexity index is 1150. The molecule has 0 spiro atoms. The van der Waals surface area contributed by atoms with Crippen LogP contribution in [0.2, 0.25) is 0 Å². The Hall–Kier alpha value is -3.56. The van der Waals surface area contributed by atoms with Crippen molar-refractivity contribution in [1.29, 1.82) is 0 Å². The van der Waals surface area contributed by atoms with Crippen LogP contribution in [0.1, 0.15) is 37.2 Å². The molecule has 4 rings (SSSR count). The summed E-state index contributed by atoms with van der Waals surface area (Å²) in [6.07, 6.45) is -1.88. The molecule has 0 radical (unpaired) electrons. The van der Waals surface area contributed by atoms with Gasteiger partial charge >= 0.3 is 6.18 Å². The normalized spacial score (nSPS) is 16.5. The molecule has 0 bridgehead atoms. The Morgan fingerprint density at radius 2 is 1.97 bits per heavy atom. The first kappa shape index (κ1) is 22.6. The number of aromatic nitrogens is 3. The number of piperidine rings is 1. The monoisotopic (exact) mass is 459 g/mol. The fraction of sp³-hybridized carbons (Fsp3) is 0.304. The summed E-state index contributed by atoms with van der Waals surface area (Å²) in [6.45, 7) is 2.61. The van der Waals surface area contributed by atoms with E-state index in [0.29, 0.717) is 41.7 Å². The molecule has 1 amide bonds. The molecule has 1 fully saturated rings. The largest absolute Gasteiger partial charge is 0.433 e. The Labute approximate surface area is 187 Å². The molecule has 3 aromatic rings. The summed E-state index contributed by atoms with van der Waals surface area (Å²) >= 11 is 0. The van der Waals surface area contributed by atoms with Crippen molar-refractivity contribution in [3.63, 3.8) is 0 Å². The number of rotatable bonds is 4. The number of carbonyl (C=O) groups excluding carboxylic acids is 1. The Balaban J connectivity index is 1.72. The van der Waals surface area contributed by atoms with Gasteiger partial charge in [-0.3, -0.25) is 9.78 Å². The lowest BCUT2D eigenvalue weighted by atomic mass is 9.97. The zero-order chi connectivity index (χ0) is 23.6. The summed E-state index contributed by atoms with van der Waals surface area (Å²) in [5.41, 5.74) is 0.224. The molecule has 2 aromatic heterocycles. The second kappa shape index (κ2) is 9.13. The highest BCUT2D eigenvalue weighted by atomic mass is 19.4. The third kappa shape index (κ3) is 5.44. The Morgan fingerprint density at radius 1 is 1.15 bits per heavy atom. The van der Waals surface area contributed by atoms with Gasteiger partial charge in [-0.05, 0) is 43.2 Å². The van der Waals surface area contributed by atoms with Crippen molar-refractivity contribution in [2.24, 2.45) is 0 Å². The van der Waals surface area contributed by atoms with E-state index in [1.54, 1.807) is 23.1 Å². The van der Waals surface area contributed by atoms with E-state index in [1.165, 1.54) is 25.1 Å². The number of benzene rings is 1. The third-order valence-corrected chi connectivity index (χ3v) is 5.42. The summed E-state index contributed by atoms with van der Waals surface area (Å²) in [7, 11) is 0. The van der Waals surface area contributed by atoms with Crippen molar-refractivity contribution in [1.82, 2.24) is 19.9 Å². The topological polar surface area (TPSA) is 71.0 Å². The molecule has 1 unspecified atom stereocenters. The zero-order valence-electron chi connectivity index (χ0n) is 17.7. The summed E-state index contributed by atoms with van der Waals surface area (Å²) < 4.78 is 52.4. The number of nitrogens with zero attached hydrogens (tertiary/aromatic N) is 4. The van der Waals surface area contributed by atoms with Gasteiger partial charge < -0.3 is 10.2 Å². The first-order valence-corrected chi connectivity index (χ1v) is 10.4. The number of pyridine rings is 1. The van der Waals surface area contributed by atoms with Crippen LogP contribution >= 0.6 is 0 Å². The van der Waals surface area contributed by atoms with Gasteiger partial charge in [0, 0.05) is 49.4 Å². The molecule has 172 valence electrons. The lowest BCUT2D eigenvalue weighted by molar-refractivity contribution is -0.141. The molecule has 0 aliphatic carbocycles. The van der Waals surface area contributed by atoms with Crippen molar-refractivity contribution in [3.8, 4) is 11.3 Å². The van der Waals surface area contributed by atoms with Crippen molar-refractivity contribution < 1.29 is 22.4 Å². The fourth-order valence-electron chi connectivity index (χ4n) is 3.76. The van der Waals surface area contributed by atoms with E-state index in [-0.39, 0.29) is 11.8 Å². The molecule has 10 heteroatoms. The SMILES string of the molecule is CC(=O)N1CCCC(c2nc(Nc3cccc(F)c3)cc(-c3ccc(C(F)(F)F)nc3)n2)C1. The van der Waals surface area contributed by atoms with Crippen LogP contribution in [0.15, 0.2) is 48.7 Å². The van der Waals surface area contributed by atoms with Crippen molar-refractivity contribution in [2.75, 3.05) is 18.4 Å². The molecular weight excluding hydrogens is 438 g/mol. The van der Waals surface area contributed by atoms with Crippen LogP contribution in [-0.2, 0) is 11.0 Å². The number of halogens is 4. The van der Waals surface area contributed by atoms with Gasteiger partial charge in [0.1, 0.15) is 23.2 Å². The minimum Gasteiger partial charge on any atom is -0.342 e. The van der Waals surface area contributed by atoms with Gasteiger partial charge in [0.15, 0.2) is 0 Å². The predicted octanol–water partition coefficient (Wildman–Crippen LogP) is 5.17. The van der Waals surface area contributed by atoms with Crippen LogP contribution in [0.25, 0.3) is 11.3 Å². The van der Waals surface area contributed by atoms with Gasteiger partial charge in [-0.2, -0.15) is 13.2 Å². The lowest BCUT2D eigenvalue weighted by Gasteiger charge is -2.31. The lowest BCUT2D eigenvalue weighted by Crippen LogP contribution is -2.38. The van der Waals surface area contributed by atoms with Crippen molar-refractivity contribution in [3.05, 3.63) is 66.0 Å². The predicted molar refractivity (Wildman–Crippen MR) is 114 cm³/mol. The third-order valence-electron chi connectivity index (χ3n) is 5.42. The molecule has 33 heavy (non-hydrogen) atoms. The molecule has 1 aliphatic rings. The number of nitrogens with one attached hydrogen (secondary N) is 1. The van der Waals surface area contributed by atoms with E-state index in [9.17, 15) is 22.4 Å². The molecule has 1 saturated heterocycles. The maximum absolute atomic E-state index is 13.6.